The number of likely N-dealkylation sites (tertiary alicyclic amines) is 1. The molecule has 2 aromatic carbocycles. The average Bonchev–Trinajstić information content (AvgIpc) is 2.76. The molecule has 0 amide bonds. The molecule has 0 aliphatic carbocycles. The maximum atomic E-state index is 11.7. The largest absolute Gasteiger partial charge is 0.757 e. The number of hydrogen-bond donors (Lipinski definition) is 0. The summed E-state index contributed by atoms with van der Waals surface area (Å²) in [6.45, 7) is 2.03. The van der Waals surface area contributed by atoms with Crippen LogP contribution in [0.3, 0.4) is 0 Å². The third-order valence-electron chi connectivity index (χ3n) is 5.14. The predicted octanol–water partition coefficient (Wildman–Crippen LogP) is 3.22. The lowest BCUT2D eigenvalue weighted by Gasteiger charge is -2.47. The van der Waals surface area contributed by atoms with E-state index in [1.807, 2.05) is 18.2 Å². The SMILES string of the molecule is COc1ccccc1N(N(Cl)S(=O)[O-])C1(C#N)CCN(Cc2ccccc2)CC1. The number of para-hydroxylation sites is 2. The van der Waals surface area contributed by atoms with Gasteiger partial charge in [-0.05, 0) is 30.5 Å². The van der Waals surface area contributed by atoms with Crippen molar-refractivity contribution in [1.29, 1.82) is 5.26 Å². The predicted molar refractivity (Wildman–Crippen MR) is 111 cm³/mol. The molecule has 1 fully saturated rings. The summed E-state index contributed by atoms with van der Waals surface area (Å²) in [5.74, 6) is 0.435. The second-order valence-electron chi connectivity index (χ2n) is 6.83. The van der Waals surface area contributed by atoms with Gasteiger partial charge in [-0.25, -0.2) is 0 Å². The van der Waals surface area contributed by atoms with E-state index in [2.05, 4.69) is 23.1 Å². The molecule has 1 aliphatic rings. The van der Waals surface area contributed by atoms with Crippen LogP contribution in [0.1, 0.15) is 18.4 Å². The molecule has 0 spiro atoms. The molecule has 1 saturated heterocycles. The minimum atomic E-state index is -2.77. The Morgan fingerprint density at radius 1 is 1.21 bits per heavy atom. The fraction of sp³-hybridized carbons (Fsp3) is 0.350. The van der Waals surface area contributed by atoms with E-state index in [1.165, 1.54) is 17.7 Å². The third kappa shape index (κ3) is 4.71. The van der Waals surface area contributed by atoms with Gasteiger partial charge < -0.3 is 9.29 Å². The van der Waals surface area contributed by atoms with E-state index in [1.54, 1.807) is 24.3 Å². The molecule has 0 bridgehead atoms. The van der Waals surface area contributed by atoms with Crippen molar-refractivity contribution in [2.24, 2.45) is 0 Å². The quantitative estimate of drug-likeness (QED) is 0.378. The molecule has 1 atom stereocenters. The van der Waals surface area contributed by atoms with Crippen molar-refractivity contribution in [3.8, 4) is 11.8 Å². The number of methoxy groups -OCH3 is 1. The second-order valence-corrected chi connectivity index (χ2v) is 8.13. The molecule has 0 radical (unpaired) electrons. The number of halogens is 1. The first-order valence-corrected chi connectivity index (χ1v) is 10.5. The van der Waals surface area contributed by atoms with E-state index in [4.69, 9.17) is 16.5 Å². The van der Waals surface area contributed by atoms with Crippen molar-refractivity contribution >= 4 is 28.7 Å². The zero-order valence-corrected chi connectivity index (χ0v) is 17.6. The number of nitriles is 1. The number of hydrazine groups is 1. The van der Waals surface area contributed by atoms with Crippen molar-refractivity contribution in [3.63, 3.8) is 0 Å². The Kier molecular flexibility index (Phi) is 7.11. The van der Waals surface area contributed by atoms with Gasteiger partial charge in [-0.3, -0.25) is 14.1 Å². The molecular weight excluding hydrogens is 412 g/mol. The van der Waals surface area contributed by atoms with Gasteiger partial charge >= 0.3 is 0 Å². The van der Waals surface area contributed by atoms with Crippen LogP contribution >= 0.6 is 11.8 Å². The zero-order valence-electron chi connectivity index (χ0n) is 16.0. The number of benzene rings is 2. The molecule has 2 aromatic rings. The van der Waals surface area contributed by atoms with Crippen molar-refractivity contribution in [3.05, 3.63) is 60.2 Å². The molecule has 1 aliphatic heterocycles. The maximum absolute atomic E-state index is 11.7. The van der Waals surface area contributed by atoms with Gasteiger partial charge in [0.1, 0.15) is 11.3 Å². The van der Waals surface area contributed by atoms with Crippen molar-refractivity contribution in [1.82, 2.24) is 8.83 Å². The normalized spacial score (nSPS) is 17.5. The minimum Gasteiger partial charge on any atom is -0.757 e. The summed E-state index contributed by atoms with van der Waals surface area (Å²) < 4.78 is 29.4. The lowest BCUT2D eigenvalue weighted by atomic mass is 9.87. The summed E-state index contributed by atoms with van der Waals surface area (Å²) >= 11 is 3.37. The lowest BCUT2D eigenvalue weighted by Crippen LogP contribution is -2.59. The molecule has 3 rings (SSSR count). The van der Waals surface area contributed by atoms with Gasteiger partial charge in [0, 0.05) is 31.4 Å². The van der Waals surface area contributed by atoms with E-state index in [0.717, 1.165) is 6.54 Å². The fourth-order valence-corrected chi connectivity index (χ4v) is 4.23. The smallest absolute Gasteiger partial charge is 0.147 e. The Bertz CT molecular complexity index is 885. The Balaban J connectivity index is 1.88. The van der Waals surface area contributed by atoms with Crippen LogP contribution in [-0.4, -0.2) is 43.3 Å². The van der Waals surface area contributed by atoms with Crippen LogP contribution in [0.5, 0.6) is 5.75 Å². The van der Waals surface area contributed by atoms with Crippen LogP contribution in [0.25, 0.3) is 0 Å². The van der Waals surface area contributed by atoms with Gasteiger partial charge in [0.05, 0.1) is 30.1 Å². The molecule has 9 heteroatoms. The van der Waals surface area contributed by atoms with Gasteiger partial charge in [0.25, 0.3) is 0 Å². The number of rotatable bonds is 7. The Morgan fingerprint density at radius 3 is 2.41 bits per heavy atom. The first kappa shape index (κ1) is 21.6. The van der Waals surface area contributed by atoms with Crippen LogP contribution in [0.4, 0.5) is 5.69 Å². The van der Waals surface area contributed by atoms with E-state index in [-0.39, 0.29) is 0 Å². The second kappa shape index (κ2) is 9.57. The summed E-state index contributed by atoms with van der Waals surface area (Å²) in [5.41, 5.74) is 0.495. The van der Waals surface area contributed by atoms with E-state index in [0.29, 0.717) is 41.3 Å². The molecule has 1 unspecified atom stereocenters. The molecule has 154 valence electrons. The highest BCUT2D eigenvalue weighted by molar-refractivity contribution is 7.77. The highest BCUT2D eigenvalue weighted by Gasteiger charge is 2.44. The first-order valence-electron chi connectivity index (χ1n) is 9.17. The average molecular weight is 434 g/mol. The summed E-state index contributed by atoms with van der Waals surface area (Å²) in [7, 11) is 1.49. The molecule has 7 nitrogen and oxygen atoms in total. The highest BCUT2D eigenvalue weighted by Crippen LogP contribution is 2.40. The van der Waals surface area contributed by atoms with Gasteiger partial charge in [0.15, 0.2) is 0 Å². The van der Waals surface area contributed by atoms with E-state index >= 15 is 0 Å². The zero-order chi connectivity index (χ0) is 20.9. The Labute approximate surface area is 178 Å². The Hall–Kier alpha value is -2.15. The summed E-state index contributed by atoms with van der Waals surface area (Å²) in [4.78, 5) is 2.25. The number of piperidine rings is 1. The Morgan fingerprint density at radius 2 is 1.83 bits per heavy atom. The van der Waals surface area contributed by atoms with Gasteiger partial charge in [-0.1, -0.05) is 46.4 Å². The molecular formula is C20H22ClN4O3S-. The highest BCUT2D eigenvalue weighted by atomic mass is 35.5. The number of anilines is 1. The van der Waals surface area contributed by atoms with Gasteiger partial charge in [-0.15, -0.1) is 0 Å². The summed E-state index contributed by atoms with van der Waals surface area (Å²) in [5, 5.41) is 11.4. The summed E-state index contributed by atoms with van der Waals surface area (Å²) in [6, 6.07) is 19.3. The third-order valence-corrected chi connectivity index (χ3v) is 6.04. The fourth-order valence-electron chi connectivity index (χ4n) is 3.63. The van der Waals surface area contributed by atoms with Crippen LogP contribution in [0.15, 0.2) is 54.6 Å². The maximum Gasteiger partial charge on any atom is 0.147 e. The standard InChI is InChI=1S/C20H23ClN4O3S/c1-28-19-10-6-5-9-18(19)24(25(21)29(26)27)20(16-22)11-13-23(14-12-20)15-17-7-3-2-4-8-17/h2-10H,11-15H2,1H3,(H,26,27)/p-1. The van der Waals surface area contributed by atoms with Crippen LogP contribution < -0.4 is 9.75 Å². The van der Waals surface area contributed by atoms with Crippen molar-refractivity contribution in [2.75, 3.05) is 25.2 Å². The first-order chi connectivity index (χ1) is 14.0. The lowest BCUT2D eigenvalue weighted by molar-refractivity contribution is 0.163. The van der Waals surface area contributed by atoms with Gasteiger partial charge in [0.2, 0.25) is 0 Å². The van der Waals surface area contributed by atoms with Crippen LogP contribution in [0.2, 0.25) is 0 Å². The number of hydrogen-bond acceptors (Lipinski definition) is 6. The monoisotopic (exact) mass is 433 g/mol. The van der Waals surface area contributed by atoms with Crippen LogP contribution in [0, 0.1) is 11.3 Å². The van der Waals surface area contributed by atoms with Gasteiger partial charge in [-0.2, -0.15) is 5.26 Å². The molecule has 1 heterocycles. The topological polar surface area (TPSA) is 82.9 Å². The van der Waals surface area contributed by atoms with Crippen LogP contribution in [-0.2, 0) is 17.8 Å². The van der Waals surface area contributed by atoms with E-state index in [9.17, 15) is 14.0 Å². The number of nitrogens with zero attached hydrogens (tertiary/aromatic N) is 4. The summed E-state index contributed by atoms with van der Waals surface area (Å²) in [6.07, 6.45) is 0.851. The van der Waals surface area contributed by atoms with Crippen molar-refractivity contribution in [2.45, 2.75) is 24.9 Å². The number of ether oxygens (including phenoxy) is 1. The molecule has 29 heavy (non-hydrogen) atoms. The van der Waals surface area contributed by atoms with Crippen molar-refractivity contribution < 1.29 is 13.5 Å². The van der Waals surface area contributed by atoms with E-state index < -0.39 is 16.8 Å². The molecule has 0 N–H and O–H groups in total. The molecule has 0 aromatic heterocycles. The molecule has 0 saturated carbocycles. The minimum absolute atomic E-state index is 0.423.